The molecular formula is C24H24N4O2. The molecule has 0 aliphatic heterocycles. The van der Waals surface area contributed by atoms with Crippen molar-refractivity contribution < 1.29 is 9.53 Å². The minimum atomic E-state index is -0.0620. The number of hydrogen-bond acceptors (Lipinski definition) is 4. The van der Waals surface area contributed by atoms with E-state index in [-0.39, 0.29) is 5.91 Å². The Morgan fingerprint density at radius 1 is 1.07 bits per heavy atom. The smallest absolute Gasteiger partial charge is 0.226 e. The number of anilines is 1. The summed E-state index contributed by atoms with van der Waals surface area (Å²) in [5, 5.41) is 8.74. The van der Waals surface area contributed by atoms with Gasteiger partial charge in [-0.2, -0.15) is 5.10 Å². The standard InChI is InChI=1S/C24H24N4O2/c1-16-15-17(2)25-24-22(16)23(19-11-7-8-12-20(19)30-3)27-28(24)14-13-21(29)26-18-9-5-4-6-10-18/h4-12,15H,13-14H2,1-3H3,(H,26,29). The van der Waals surface area contributed by atoms with Gasteiger partial charge in [0.1, 0.15) is 11.4 Å². The summed E-state index contributed by atoms with van der Waals surface area (Å²) >= 11 is 0. The van der Waals surface area contributed by atoms with Gasteiger partial charge in [0.25, 0.3) is 0 Å². The number of fused-ring (bicyclic) bond motifs is 1. The van der Waals surface area contributed by atoms with Gasteiger partial charge in [-0.1, -0.05) is 30.3 Å². The first-order chi connectivity index (χ1) is 14.6. The van der Waals surface area contributed by atoms with Crippen LogP contribution in [0.4, 0.5) is 5.69 Å². The number of ether oxygens (including phenoxy) is 1. The summed E-state index contributed by atoms with van der Waals surface area (Å²) in [6.45, 7) is 4.46. The number of amides is 1. The van der Waals surface area contributed by atoms with Crippen molar-refractivity contribution >= 4 is 22.6 Å². The molecule has 0 aliphatic carbocycles. The molecule has 0 unspecified atom stereocenters. The Morgan fingerprint density at radius 3 is 2.57 bits per heavy atom. The zero-order valence-electron chi connectivity index (χ0n) is 17.3. The summed E-state index contributed by atoms with van der Waals surface area (Å²) in [6, 6.07) is 19.3. The summed E-state index contributed by atoms with van der Waals surface area (Å²) < 4.78 is 7.37. The number of nitrogens with zero attached hydrogens (tertiary/aromatic N) is 3. The van der Waals surface area contributed by atoms with Crippen LogP contribution >= 0.6 is 0 Å². The molecule has 0 spiro atoms. The highest BCUT2D eigenvalue weighted by Crippen LogP contribution is 2.35. The van der Waals surface area contributed by atoms with Crippen LogP contribution in [0.3, 0.4) is 0 Å². The first-order valence-corrected chi connectivity index (χ1v) is 9.90. The molecule has 2 aromatic carbocycles. The Bertz CT molecular complexity index is 1200. The molecule has 152 valence electrons. The van der Waals surface area contributed by atoms with Gasteiger partial charge < -0.3 is 10.1 Å². The fraction of sp³-hybridized carbons (Fsp3) is 0.208. The molecule has 6 nitrogen and oxygen atoms in total. The van der Waals surface area contributed by atoms with Gasteiger partial charge in [-0.25, -0.2) is 9.67 Å². The van der Waals surface area contributed by atoms with E-state index in [4.69, 9.17) is 14.8 Å². The average Bonchev–Trinajstić information content (AvgIpc) is 3.11. The highest BCUT2D eigenvalue weighted by molar-refractivity contribution is 5.95. The van der Waals surface area contributed by atoms with E-state index >= 15 is 0 Å². The quantitative estimate of drug-likeness (QED) is 0.507. The number of nitrogens with one attached hydrogen (secondary N) is 1. The maximum Gasteiger partial charge on any atom is 0.226 e. The molecule has 30 heavy (non-hydrogen) atoms. The number of methoxy groups -OCH3 is 1. The van der Waals surface area contributed by atoms with Gasteiger partial charge in [-0.3, -0.25) is 4.79 Å². The van der Waals surface area contributed by atoms with Gasteiger partial charge >= 0.3 is 0 Å². The third kappa shape index (κ3) is 3.89. The predicted molar refractivity (Wildman–Crippen MR) is 119 cm³/mol. The van der Waals surface area contributed by atoms with Gasteiger partial charge in [0, 0.05) is 23.4 Å². The maximum absolute atomic E-state index is 12.4. The predicted octanol–water partition coefficient (Wildman–Crippen LogP) is 4.75. The number of carbonyl (C=O) groups is 1. The average molecular weight is 400 g/mol. The minimum absolute atomic E-state index is 0.0620. The lowest BCUT2D eigenvalue weighted by molar-refractivity contribution is -0.116. The van der Waals surface area contributed by atoms with Gasteiger partial charge in [-0.05, 0) is 49.7 Å². The van der Waals surface area contributed by atoms with Crippen LogP contribution in [0.5, 0.6) is 5.75 Å². The zero-order chi connectivity index (χ0) is 21.1. The molecule has 2 aromatic heterocycles. The number of para-hydroxylation sites is 2. The van der Waals surface area contributed by atoms with Crippen LogP contribution in [0.2, 0.25) is 0 Å². The number of rotatable bonds is 6. The van der Waals surface area contributed by atoms with Crippen LogP contribution in [0.15, 0.2) is 60.7 Å². The number of hydrogen-bond donors (Lipinski definition) is 1. The molecule has 0 aliphatic rings. The third-order valence-electron chi connectivity index (χ3n) is 5.00. The van der Waals surface area contributed by atoms with Gasteiger partial charge in [0.05, 0.1) is 19.0 Å². The van der Waals surface area contributed by atoms with E-state index in [1.165, 1.54) is 0 Å². The molecular weight excluding hydrogens is 376 g/mol. The SMILES string of the molecule is COc1ccccc1-c1nn(CCC(=O)Nc2ccccc2)c2nc(C)cc(C)c12. The molecule has 0 radical (unpaired) electrons. The Morgan fingerprint density at radius 2 is 1.80 bits per heavy atom. The lowest BCUT2D eigenvalue weighted by atomic mass is 10.0. The second kappa shape index (κ2) is 8.37. The number of pyridine rings is 1. The first kappa shape index (κ1) is 19.6. The van der Waals surface area contributed by atoms with Crippen molar-refractivity contribution in [1.82, 2.24) is 14.8 Å². The fourth-order valence-electron chi connectivity index (χ4n) is 3.65. The highest BCUT2D eigenvalue weighted by atomic mass is 16.5. The lowest BCUT2D eigenvalue weighted by Crippen LogP contribution is -2.15. The molecule has 0 atom stereocenters. The van der Waals surface area contributed by atoms with Crippen molar-refractivity contribution in [2.45, 2.75) is 26.8 Å². The van der Waals surface area contributed by atoms with Crippen molar-refractivity contribution in [3.63, 3.8) is 0 Å². The molecule has 1 N–H and O–H groups in total. The van der Waals surface area contributed by atoms with Crippen LogP contribution in [-0.2, 0) is 11.3 Å². The number of aromatic nitrogens is 3. The van der Waals surface area contributed by atoms with Gasteiger partial charge in [0.15, 0.2) is 5.65 Å². The van der Waals surface area contributed by atoms with Crippen LogP contribution in [-0.4, -0.2) is 27.8 Å². The Balaban J connectivity index is 1.69. The monoisotopic (exact) mass is 400 g/mol. The number of benzene rings is 2. The van der Waals surface area contributed by atoms with Crippen molar-refractivity contribution in [3.05, 3.63) is 71.9 Å². The van der Waals surface area contributed by atoms with E-state index in [0.717, 1.165) is 45.0 Å². The molecule has 4 aromatic rings. The van der Waals surface area contributed by atoms with Crippen molar-refractivity contribution in [1.29, 1.82) is 0 Å². The van der Waals surface area contributed by atoms with Crippen molar-refractivity contribution in [3.8, 4) is 17.0 Å². The lowest BCUT2D eigenvalue weighted by Gasteiger charge is -2.06. The van der Waals surface area contributed by atoms with E-state index in [2.05, 4.69) is 18.3 Å². The summed E-state index contributed by atoms with van der Waals surface area (Å²) in [6.07, 6.45) is 0.297. The summed E-state index contributed by atoms with van der Waals surface area (Å²) in [4.78, 5) is 17.2. The minimum Gasteiger partial charge on any atom is -0.496 e. The van der Waals surface area contributed by atoms with E-state index in [9.17, 15) is 4.79 Å². The molecule has 4 rings (SSSR count). The Kier molecular flexibility index (Phi) is 5.48. The van der Waals surface area contributed by atoms with E-state index in [1.807, 2.05) is 66.2 Å². The molecule has 6 heteroatoms. The van der Waals surface area contributed by atoms with Crippen molar-refractivity contribution in [2.24, 2.45) is 0 Å². The van der Waals surface area contributed by atoms with Gasteiger partial charge in [-0.15, -0.1) is 0 Å². The molecule has 0 fully saturated rings. The number of carbonyl (C=O) groups excluding carboxylic acids is 1. The molecule has 2 heterocycles. The largest absolute Gasteiger partial charge is 0.496 e. The molecule has 0 bridgehead atoms. The van der Waals surface area contributed by atoms with E-state index < -0.39 is 0 Å². The molecule has 1 amide bonds. The second-order valence-electron chi connectivity index (χ2n) is 7.22. The van der Waals surface area contributed by atoms with Crippen LogP contribution in [0.1, 0.15) is 17.7 Å². The van der Waals surface area contributed by atoms with Crippen LogP contribution < -0.4 is 10.1 Å². The van der Waals surface area contributed by atoms with Crippen molar-refractivity contribution in [2.75, 3.05) is 12.4 Å². The normalized spacial score (nSPS) is 10.9. The topological polar surface area (TPSA) is 69.0 Å². The van der Waals surface area contributed by atoms with E-state index in [0.29, 0.717) is 13.0 Å². The second-order valence-corrected chi connectivity index (χ2v) is 7.22. The Hall–Kier alpha value is -3.67. The highest BCUT2D eigenvalue weighted by Gasteiger charge is 2.19. The zero-order valence-corrected chi connectivity index (χ0v) is 17.3. The fourth-order valence-corrected chi connectivity index (χ4v) is 3.65. The van der Waals surface area contributed by atoms with E-state index in [1.54, 1.807) is 7.11 Å². The third-order valence-corrected chi connectivity index (χ3v) is 5.00. The van der Waals surface area contributed by atoms with Crippen LogP contribution in [0.25, 0.3) is 22.3 Å². The molecule has 0 saturated heterocycles. The first-order valence-electron chi connectivity index (χ1n) is 9.90. The van der Waals surface area contributed by atoms with Gasteiger partial charge in [0.2, 0.25) is 5.91 Å². The summed E-state index contributed by atoms with van der Waals surface area (Å²) in [7, 11) is 1.65. The summed E-state index contributed by atoms with van der Waals surface area (Å²) in [5.41, 5.74) is 5.30. The molecule has 0 saturated carbocycles. The summed E-state index contributed by atoms with van der Waals surface area (Å²) in [5.74, 6) is 0.693. The maximum atomic E-state index is 12.4. The number of aryl methyl sites for hydroxylation is 3. The Labute approximate surface area is 175 Å². The van der Waals surface area contributed by atoms with Crippen LogP contribution in [0, 0.1) is 13.8 Å².